The lowest BCUT2D eigenvalue weighted by Crippen LogP contribution is -2.36. The molecule has 1 aliphatic carbocycles. The summed E-state index contributed by atoms with van der Waals surface area (Å²) in [5.41, 5.74) is 1.59. The van der Waals surface area contributed by atoms with Gasteiger partial charge in [-0.15, -0.1) is 13.2 Å². The highest BCUT2D eigenvalue weighted by Gasteiger charge is 2.26. The SMILES string of the molecule is C=C.COC=O.COc1ccc2c(OCCC(O)C(=O)NC3CC3)cc(-n3ccc(C)n3)nc2c1. The van der Waals surface area contributed by atoms with Crippen molar-refractivity contribution in [1.29, 1.82) is 0 Å². The first-order chi connectivity index (χ1) is 16.9. The van der Waals surface area contributed by atoms with E-state index in [-0.39, 0.29) is 25.0 Å². The highest BCUT2D eigenvalue weighted by Crippen LogP contribution is 2.30. The highest BCUT2D eigenvalue weighted by molar-refractivity contribution is 5.87. The molecule has 4 rings (SSSR count). The zero-order chi connectivity index (χ0) is 25.8. The molecule has 10 nitrogen and oxygen atoms in total. The van der Waals surface area contributed by atoms with Crippen LogP contribution in [0.15, 0.2) is 49.7 Å². The molecule has 2 N–H and O–H groups in total. The van der Waals surface area contributed by atoms with Gasteiger partial charge in [-0.05, 0) is 38.0 Å². The Labute approximate surface area is 204 Å². The lowest BCUT2D eigenvalue weighted by Gasteiger charge is -2.14. The van der Waals surface area contributed by atoms with Crippen LogP contribution in [-0.4, -0.2) is 65.2 Å². The number of ether oxygens (including phenoxy) is 3. The summed E-state index contributed by atoms with van der Waals surface area (Å²) in [4.78, 5) is 25.5. The van der Waals surface area contributed by atoms with Crippen molar-refractivity contribution in [2.24, 2.45) is 0 Å². The van der Waals surface area contributed by atoms with Crippen LogP contribution >= 0.6 is 0 Å². The summed E-state index contributed by atoms with van der Waals surface area (Å²) in [6, 6.07) is 9.47. The van der Waals surface area contributed by atoms with Gasteiger partial charge in [0, 0.05) is 36.2 Å². The largest absolute Gasteiger partial charge is 0.497 e. The number of rotatable bonds is 9. The second-order valence-corrected chi connectivity index (χ2v) is 7.53. The third-order valence-corrected chi connectivity index (χ3v) is 4.89. The molecule has 1 aromatic carbocycles. The van der Waals surface area contributed by atoms with Gasteiger partial charge in [0.25, 0.3) is 6.47 Å². The molecule has 1 unspecified atom stereocenters. The van der Waals surface area contributed by atoms with E-state index in [1.165, 1.54) is 7.11 Å². The van der Waals surface area contributed by atoms with E-state index in [1.807, 2.05) is 37.4 Å². The van der Waals surface area contributed by atoms with Crippen molar-refractivity contribution in [2.45, 2.75) is 38.3 Å². The van der Waals surface area contributed by atoms with E-state index in [1.54, 1.807) is 17.9 Å². The molecule has 1 saturated carbocycles. The smallest absolute Gasteiger partial charge is 0.292 e. The van der Waals surface area contributed by atoms with Gasteiger partial charge in [-0.25, -0.2) is 9.67 Å². The van der Waals surface area contributed by atoms with Crippen LogP contribution in [0.1, 0.15) is 25.0 Å². The van der Waals surface area contributed by atoms with Crippen molar-refractivity contribution in [3.05, 3.63) is 55.4 Å². The first-order valence-corrected chi connectivity index (χ1v) is 11.0. The molecule has 0 spiro atoms. The fourth-order valence-electron chi connectivity index (χ4n) is 3.01. The Bertz CT molecular complexity index is 1110. The van der Waals surface area contributed by atoms with Crippen LogP contribution in [-0.2, 0) is 14.3 Å². The molecule has 1 amide bonds. The van der Waals surface area contributed by atoms with E-state index in [0.717, 1.165) is 23.9 Å². The van der Waals surface area contributed by atoms with Gasteiger partial charge in [0.05, 0.1) is 32.0 Å². The average molecular weight is 485 g/mol. The molecule has 1 atom stereocenters. The number of carbonyl (C=O) groups is 2. The number of benzene rings is 1. The van der Waals surface area contributed by atoms with Crippen LogP contribution in [0.5, 0.6) is 11.5 Å². The van der Waals surface area contributed by atoms with Gasteiger partial charge < -0.3 is 24.6 Å². The number of pyridine rings is 1. The van der Waals surface area contributed by atoms with Crippen molar-refractivity contribution < 1.29 is 28.9 Å². The predicted octanol–water partition coefficient (Wildman–Crippen LogP) is 2.74. The quantitative estimate of drug-likeness (QED) is 0.351. The van der Waals surface area contributed by atoms with Gasteiger partial charge in [0.15, 0.2) is 5.82 Å². The Morgan fingerprint density at radius 1 is 1.29 bits per heavy atom. The number of nitrogens with one attached hydrogen (secondary N) is 1. The Kier molecular flexibility index (Phi) is 10.7. The van der Waals surface area contributed by atoms with E-state index in [9.17, 15) is 9.90 Å². The normalized spacial score (nSPS) is 12.8. The van der Waals surface area contributed by atoms with Gasteiger partial charge >= 0.3 is 0 Å². The number of hydrogen-bond donors (Lipinski definition) is 2. The average Bonchev–Trinajstić information content (AvgIpc) is 3.60. The molecule has 10 heteroatoms. The third-order valence-electron chi connectivity index (χ3n) is 4.89. The monoisotopic (exact) mass is 484 g/mol. The topological polar surface area (TPSA) is 125 Å². The van der Waals surface area contributed by atoms with Crippen molar-refractivity contribution in [3.8, 4) is 17.3 Å². The van der Waals surface area contributed by atoms with Crippen molar-refractivity contribution >= 4 is 23.3 Å². The third kappa shape index (κ3) is 8.11. The second-order valence-electron chi connectivity index (χ2n) is 7.53. The van der Waals surface area contributed by atoms with Gasteiger partial charge in [-0.2, -0.15) is 5.10 Å². The number of aromatic nitrogens is 3. The first-order valence-electron chi connectivity index (χ1n) is 11.0. The fraction of sp³-hybridized carbons (Fsp3) is 0.360. The summed E-state index contributed by atoms with van der Waals surface area (Å²) >= 11 is 0. The minimum Gasteiger partial charge on any atom is -0.497 e. The van der Waals surface area contributed by atoms with Gasteiger partial charge in [-0.1, -0.05) is 0 Å². The molecule has 2 heterocycles. The minimum atomic E-state index is -1.09. The van der Waals surface area contributed by atoms with Crippen LogP contribution in [0.4, 0.5) is 0 Å². The summed E-state index contributed by atoms with van der Waals surface area (Å²) in [6.07, 6.45) is 2.92. The van der Waals surface area contributed by atoms with E-state index in [0.29, 0.717) is 29.3 Å². The number of fused-ring (bicyclic) bond motifs is 1. The molecule has 0 aliphatic heterocycles. The number of aryl methyl sites for hydroxylation is 1. The highest BCUT2D eigenvalue weighted by atomic mass is 16.5. The van der Waals surface area contributed by atoms with Crippen LogP contribution < -0.4 is 14.8 Å². The van der Waals surface area contributed by atoms with E-state index < -0.39 is 6.10 Å². The second kappa shape index (κ2) is 13.7. The fourth-order valence-corrected chi connectivity index (χ4v) is 3.01. The molecule has 3 aromatic rings. The van der Waals surface area contributed by atoms with E-state index in [4.69, 9.17) is 14.3 Å². The predicted molar refractivity (Wildman–Crippen MR) is 132 cm³/mol. The van der Waals surface area contributed by atoms with Crippen molar-refractivity contribution in [3.63, 3.8) is 0 Å². The van der Waals surface area contributed by atoms with Gasteiger partial charge in [0.1, 0.15) is 17.6 Å². The Hall–Kier alpha value is -3.92. The Morgan fingerprint density at radius 2 is 2.00 bits per heavy atom. The summed E-state index contributed by atoms with van der Waals surface area (Å²) in [5.74, 6) is 1.57. The lowest BCUT2D eigenvalue weighted by atomic mass is 10.2. The molecule has 0 saturated heterocycles. The summed E-state index contributed by atoms with van der Waals surface area (Å²) in [7, 11) is 2.92. The number of aliphatic hydroxyl groups is 1. The van der Waals surface area contributed by atoms with Crippen molar-refractivity contribution in [1.82, 2.24) is 20.1 Å². The molecule has 35 heavy (non-hydrogen) atoms. The molecule has 0 bridgehead atoms. The number of carbonyl (C=O) groups excluding carboxylic acids is 2. The van der Waals surface area contributed by atoms with Gasteiger partial charge in [0.2, 0.25) is 5.91 Å². The van der Waals surface area contributed by atoms with Gasteiger partial charge in [-0.3, -0.25) is 9.59 Å². The van der Waals surface area contributed by atoms with Crippen LogP contribution in [0.2, 0.25) is 0 Å². The zero-order valence-electron chi connectivity index (χ0n) is 20.3. The molecular formula is C25H32N4O6. The minimum absolute atomic E-state index is 0.196. The number of methoxy groups -OCH3 is 2. The molecular weight excluding hydrogens is 452 g/mol. The van der Waals surface area contributed by atoms with Crippen LogP contribution in [0, 0.1) is 6.92 Å². The summed E-state index contributed by atoms with van der Waals surface area (Å²) in [5, 5.41) is 18.1. The van der Waals surface area contributed by atoms with Crippen molar-refractivity contribution in [2.75, 3.05) is 20.8 Å². The number of hydrogen-bond acceptors (Lipinski definition) is 8. The number of amides is 1. The maximum absolute atomic E-state index is 11.9. The maximum Gasteiger partial charge on any atom is 0.292 e. The van der Waals surface area contributed by atoms with Crippen LogP contribution in [0.25, 0.3) is 16.7 Å². The van der Waals surface area contributed by atoms with E-state index >= 15 is 0 Å². The Morgan fingerprint density at radius 3 is 2.57 bits per heavy atom. The van der Waals surface area contributed by atoms with E-state index in [2.05, 4.69) is 33.3 Å². The zero-order valence-corrected chi connectivity index (χ0v) is 20.3. The van der Waals surface area contributed by atoms with Crippen LogP contribution in [0.3, 0.4) is 0 Å². The number of aliphatic hydroxyl groups excluding tert-OH is 1. The first kappa shape index (κ1) is 27.3. The summed E-state index contributed by atoms with van der Waals surface area (Å²) < 4.78 is 16.8. The lowest BCUT2D eigenvalue weighted by molar-refractivity contribution is -0.130. The molecule has 188 valence electrons. The maximum atomic E-state index is 11.9. The standard InChI is InChI=1S/C21H24N4O4.C2H4O2.C2H4/c1-13-7-9-25(24-13)20-12-19(16-6-5-15(28-2)11-17(16)23-20)29-10-8-18(26)21(27)22-14-3-4-14;1-4-2-3;1-2/h5-7,9,11-12,14,18,26H,3-4,8,10H2,1-2H3,(H,22,27);2H,1H3;1-2H2. The molecule has 0 radical (unpaired) electrons. The Balaban J connectivity index is 0.000000655. The summed E-state index contributed by atoms with van der Waals surface area (Å²) in [6.45, 7) is 8.48. The number of nitrogens with zero attached hydrogens (tertiary/aromatic N) is 3. The molecule has 1 fully saturated rings. The molecule has 1 aliphatic rings. The molecule has 2 aromatic heterocycles.